The summed E-state index contributed by atoms with van der Waals surface area (Å²) in [6, 6.07) is 7.30. The van der Waals surface area contributed by atoms with Crippen molar-refractivity contribution in [3.05, 3.63) is 103 Å². The monoisotopic (exact) mass is 503 g/mol. The van der Waals surface area contributed by atoms with Crippen LogP contribution in [0.25, 0.3) is 0 Å². The van der Waals surface area contributed by atoms with Crippen LogP contribution in [-0.2, 0) is 4.79 Å². The van der Waals surface area contributed by atoms with E-state index in [4.69, 9.17) is 0 Å². The molecular weight excluding hydrogens is 458 g/mol. The van der Waals surface area contributed by atoms with Gasteiger partial charge in [-0.15, -0.1) is 0 Å². The van der Waals surface area contributed by atoms with E-state index in [1.165, 1.54) is 0 Å². The molecule has 3 amide bonds. The first-order chi connectivity index (χ1) is 18.1. The highest BCUT2D eigenvalue weighted by Gasteiger charge is 2.02. The zero-order valence-corrected chi connectivity index (χ0v) is 22.6. The molecule has 200 valence electrons. The van der Waals surface area contributed by atoms with E-state index >= 15 is 0 Å². The first kappa shape index (κ1) is 31.4. The fourth-order valence-electron chi connectivity index (χ4n) is 3.13. The molecule has 0 bridgehead atoms. The van der Waals surface area contributed by atoms with E-state index in [0.717, 1.165) is 49.8 Å². The minimum atomic E-state index is -0.281. The molecular formula is C32H45N3O2. The minimum Gasteiger partial charge on any atom is -0.354 e. The summed E-state index contributed by atoms with van der Waals surface area (Å²) in [5.41, 5.74) is 1.88. The molecule has 1 aromatic rings. The van der Waals surface area contributed by atoms with Gasteiger partial charge >= 0.3 is 6.03 Å². The number of benzene rings is 1. The fourth-order valence-corrected chi connectivity index (χ4v) is 3.13. The van der Waals surface area contributed by atoms with Gasteiger partial charge in [0, 0.05) is 25.2 Å². The lowest BCUT2D eigenvalue weighted by molar-refractivity contribution is -0.120. The first-order valence-electron chi connectivity index (χ1n) is 13.4. The van der Waals surface area contributed by atoms with Gasteiger partial charge in [-0.3, -0.25) is 4.79 Å². The first-order valence-corrected chi connectivity index (χ1v) is 13.4. The second-order valence-corrected chi connectivity index (χ2v) is 8.55. The van der Waals surface area contributed by atoms with Crippen molar-refractivity contribution in [2.24, 2.45) is 0 Å². The summed E-state index contributed by atoms with van der Waals surface area (Å²) < 4.78 is 0. The maximum Gasteiger partial charge on any atom is 0.319 e. The minimum absolute atomic E-state index is 0.0136. The second kappa shape index (κ2) is 22.8. The molecule has 0 aliphatic carbocycles. The van der Waals surface area contributed by atoms with Crippen LogP contribution in [0.4, 0.5) is 10.5 Å². The van der Waals surface area contributed by atoms with Crippen molar-refractivity contribution >= 4 is 17.6 Å². The van der Waals surface area contributed by atoms with E-state index in [1.807, 2.05) is 37.3 Å². The molecule has 37 heavy (non-hydrogen) atoms. The Kier molecular flexibility index (Phi) is 19.4. The summed E-state index contributed by atoms with van der Waals surface area (Å²) in [6.45, 7) is 4.93. The third-order valence-corrected chi connectivity index (χ3v) is 5.18. The molecule has 5 heteroatoms. The van der Waals surface area contributed by atoms with Crippen LogP contribution in [0.2, 0.25) is 0 Å². The van der Waals surface area contributed by atoms with Gasteiger partial charge in [-0.1, -0.05) is 97.5 Å². The van der Waals surface area contributed by atoms with E-state index in [9.17, 15) is 9.59 Å². The Labute approximate surface area is 224 Å². The quantitative estimate of drug-likeness (QED) is 0.142. The van der Waals surface area contributed by atoms with E-state index in [0.29, 0.717) is 25.9 Å². The summed E-state index contributed by atoms with van der Waals surface area (Å²) in [6.07, 6.45) is 33.0. The van der Waals surface area contributed by atoms with Gasteiger partial charge < -0.3 is 16.0 Å². The van der Waals surface area contributed by atoms with E-state index < -0.39 is 0 Å². The number of carbonyl (C=O) groups excluding carboxylic acids is 2. The zero-order valence-electron chi connectivity index (χ0n) is 22.6. The fraction of sp³-hybridized carbons (Fsp3) is 0.375. The average Bonchev–Trinajstić information content (AvgIpc) is 2.89. The standard InChI is InChI=1S/C32H45N3O2/c1-3-4-5-6-7-8-9-10-11-12-13-14-15-16-17-18-19-20-21-22-31(36)33-27-28-34-32(37)35-30-25-23-29(2)24-26-30/h4-5,7-8,10-11,13-14,16-17,19-20,23-26H,3,6,9,12,15,18,21-22,27-28H2,1-2H3,(H,33,36)(H2,34,35,37)/b5-4-,8-7-,11-10-,14-13-,17-16-,20-19-. The van der Waals surface area contributed by atoms with Crippen LogP contribution in [0.15, 0.2) is 97.2 Å². The molecule has 0 radical (unpaired) electrons. The smallest absolute Gasteiger partial charge is 0.319 e. The molecule has 0 heterocycles. The number of allylic oxidation sites excluding steroid dienone is 12. The lowest BCUT2D eigenvalue weighted by Gasteiger charge is -2.08. The third kappa shape index (κ3) is 20.3. The van der Waals surface area contributed by atoms with Crippen LogP contribution in [0.5, 0.6) is 0 Å². The molecule has 0 aromatic heterocycles. The third-order valence-electron chi connectivity index (χ3n) is 5.18. The van der Waals surface area contributed by atoms with Gasteiger partial charge in [0.15, 0.2) is 0 Å². The second-order valence-electron chi connectivity index (χ2n) is 8.55. The Balaban J connectivity index is 1.97. The summed E-state index contributed by atoms with van der Waals surface area (Å²) in [4.78, 5) is 23.7. The van der Waals surface area contributed by atoms with Crippen molar-refractivity contribution in [1.29, 1.82) is 0 Å². The number of rotatable bonds is 18. The van der Waals surface area contributed by atoms with E-state index in [2.05, 4.69) is 89.7 Å². The van der Waals surface area contributed by atoms with Crippen LogP contribution >= 0.6 is 0 Å². The summed E-state index contributed by atoms with van der Waals surface area (Å²) >= 11 is 0. The van der Waals surface area contributed by atoms with Crippen LogP contribution in [0.1, 0.15) is 63.9 Å². The van der Waals surface area contributed by atoms with Crippen LogP contribution in [-0.4, -0.2) is 25.0 Å². The van der Waals surface area contributed by atoms with Gasteiger partial charge in [-0.25, -0.2) is 4.79 Å². The number of hydrogen-bond donors (Lipinski definition) is 3. The average molecular weight is 504 g/mol. The Morgan fingerprint density at radius 2 is 1.11 bits per heavy atom. The molecule has 1 rings (SSSR count). The molecule has 0 spiro atoms. The SMILES string of the molecule is CC/C=C\C/C=C\C/C=C\C/C=C\C/C=C\C/C=C\CCC(=O)NCCNC(=O)Nc1ccc(C)cc1. The lowest BCUT2D eigenvalue weighted by Crippen LogP contribution is -2.36. The molecule has 0 atom stereocenters. The van der Waals surface area contributed by atoms with Gasteiger partial charge in [0.25, 0.3) is 0 Å². The summed E-state index contributed by atoms with van der Waals surface area (Å²) in [5, 5.41) is 8.31. The van der Waals surface area contributed by atoms with Gasteiger partial charge in [0.2, 0.25) is 5.91 Å². The normalized spacial score (nSPS) is 12.2. The van der Waals surface area contributed by atoms with Gasteiger partial charge in [0.05, 0.1) is 0 Å². The molecule has 1 aromatic carbocycles. The van der Waals surface area contributed by atoms with Crippen molar-refractivity contribution in [2.75, 3.05) is 18.4 Å². The van der Waals surface area contributed by atoms with Gasteiger partial charge in [0.1, 0.15) is 0 Å². The molecule has 5 nitrogen and oxygen atoms in total. The molecule has 0 aliphatic heterocycles. The van der Waals surface area contributed by atoms with Crippen LogP contribution in [0.3, 0.4) is 0 Å². The van der Waals surface area contributed by atoms with Crippen LogP contribution in [0, 0.1) is 6.92 Å². The maximum atomic E-state index is 11.9. The predicted molar refractivity (Wildman–Crippen MR) is 159 cm³/mol. The largest absolute Gasteiger partial charge is 0.354 e. The number of hydrogen-bond acceptors (Lipinski definition) is 2. The number of anilines is 1. The maximum absolute atomic E-state index is 11.9. The molecule has 3 N–H and O–H groups in total. The predicted octanol–water partition coefficient (Wildman–Crippen LogP) is 7.71. The Hall–Kier alpha value is -3.60. The highest BCUT2D eigenvalue weighted by atomic mass is 16.2. The Morgan fingerprint density at radius 3 is 1.62 bits per heavy atom. The van der Waals surface area contributed by atoms with Crippen LogP contribution < -0.4 is 16.0 Å². The number of aryl methyl sites for hydroxylation is 1. The van der Waals surface area contributed by atoms with E-state index in [-0.39, 0.29) is 11.9 Å². The highest BCUT2D eigenvalue weighted by molar-refractivity contribution is 5.89. The summed E-state index contributed by atoms with van der Waals surface area (Å²) in [5.74, 6) is -0.0136. The van der Waals surface area contributed by atoms with E-state index in [1.54, 1.807) is 0 Å². The highest BCUT2D eigenvalue weighted by Crippen LogP contribution is 2.07. The topological polar surface area (TPSA) is 70.2 Å². The zero-order chi connectivity index (χ0) is 26.8. The van der Waals surface area contributed by atoms with Crippen molar-refractivity contribution in [3.8, 4) is 0 Å². The number of urea groups is 1. The number of carbonyl (C=O) groups is 2. The Bertz CT molecular complexity index is 922. The molecule has 0 unspecified atom stereocenters. The van der Waals surface area contributed by atoms with Crippen molar-refractivity contribution in [3.63, 3.8) is 0 Å². The number of nitrogens with one attached hydrogen (secondary N) is 3. The van der Waals surface area contributed by atoms with Gasteiger partial charge in [-0.2, -0.15) is 0 Å². The number of amides is 3. The Morgan fingerprint density at radius 1 is 0.649 bits per heavy atom. The molecule has 0 aliphatic rings. The molecule has 0 fully saturated rings. The van der Waals surface area contributed by atoms with Crippen molar-refractivity contribution in [2.45, 2.75) is 65.2 Å². The van der Waals surface area contributed by atoms with Gasteiger partial charge in [-0.05, 0) is 64.0 Å². The lowest BCUT2D eigenvalue weighted by atomic mass is 10.2. The molecule has 0 saturated heterocycles. The van der Waals surface area contributed by atoms with Crippen molar-refractivity contribution in [1.82, 2.24) is 10.6 Å². The summed E-state index contributed by atoms with van der Waals surface area (Å²) in [7, 11) is 0. The molecule has 0 saturated carbocycles. The van der Waals surface area contributed by atoms with Crippen molar-refractivity contribution < 1.29 is 9.59 Å².